The van der Waals surface area contributed by atoms with Crippen molar-refractivity contribution in [3.8, 4) is 0 Å². The summed E-state index contributed by atoms with van der Waals surface area (Å²) in [4.78, 5) is 0. The molecule has 0 unspecified atom stereocenters. The number of hydrogen-bond donors (Lipinski definition) is 0. The molecule has 7 heteroatoms. The van der Waals surface area contributed by atoms with E-state index in [9.17, 15) is 13.2 Å². The molecule has 0 fully saturated rings. The van der Waals surface area contributed by atoms with Crippen molar-refractivity contribution in [2.45, 2.75) is 6.18 Å². The van der Waals surface area contributed by atoms with Crippen LogP contribution in [0.1, 0.15) is 5.69 Å². The standard InChI is InChI=1S/C5H4F3N2.ClH.Zn/c1-10-3-2-4(9-10)5(6,7)8;;/h2H,1H3;1H;/p-1. The molecule has 0 spiro atoms. The molecule has 1 heterocycles. The Morgan fingerprint density at radius 3 is 2.17 bits per heavy atom. The Bertz CT molecular complexity index is 235. The van der Waals surface area contributed by atoms with E-state index in [2.05, 4.69) is 11.3 Å². The van der Waals surface area contributed by atoms with E-state index in [1.165, 1.54) is 7.05 Å². The van der Waals surface area contributed by atoms with E-state index in [-0.39, 0.29) is 31.9 Å². The van der Waals surface area contributed by atoms with Crippen LogP contribution < -0.4 is 12.4 Å². The average Bonchev–Trinajstić information content (AvgIpc) is 2.11. The summed E-state index contributed by atoms with van der Waals surface area (Å²) >= 11 is 0. The summed E-state index contributed by atoms with van der Waals surface area (Å²) < 4.78 is 36.1. The average molecular weight is 250 g/mol. The maximum absolute atomic E-state index is 11.7. The van der Waals surface area contributed by atoms with Gasteiger partial charge >= 0.3 is 6.18 Å². The summed E-state index contributed by atoms with van der Waals surface area (Å²) in [6.45, 7) is 0. The molecule has 0 saturated heterocycles. The Kier molecular flexibility index (Phi) is 5.80. The van der Waals surface area contributed by atoms with Crippen molar-refractivity contribution in [3.63, 3.8) is 0 Å². The van der Waals surface area contributed by atoms with Crippen LogP contribution in [0.5, 0.6) is 0 Å². The fourth-order valence-electron chi connectivity index (χ4n) is 0.512. The van der Waals surface area contributed by atoms with Crippen molar-refractivity contribution >= 4 is 0 Å². The van der Waals surface area contributed by atoms with Gasteiger partial charge in [-0.2, -0.15) is 18.3 Å². The topological polar surface area (TPSA) is 17.8 Å². The normalized spacial score (nSPS) is 10.0. The Hall–Kier alpha value is -0.0866. The van der Waals surface area contributed by atoms with E-state index in [0.717, 1.165) is 10.7 Å². The van der Waals surface area contributed by atoms with E-state index >= 15 is 0 Å². The molecule has 0 N–H and O–H groups in total. The molecular formula is C5H4ClF3N2Zn-. The van der Waals surface area contributed by atoms with Crippen molar-refractivity contribution < 1.29 is 45.1 Å². The monoisotopic (exact) mass is 248 g/mol. The molecule has 0 amide bonds. The van der Waals surface area contributed by atoms with Gasteiger partial charge in [-0.1, -0.05) is 0 Å². The molecule has 0 aliphatic carbocycles. The number of rotatable bonds is 0. The minimum absolute atomic E-state index is 0. The third-order valence-corrected chi connectivity index (χ3v) is 0.936. The first kappa shape index (κ1) is 14.4. The molecule has 1 rings (SSSR count). The van der Waals surface area contributed by atoms with Gasteiger partial charge in [0.05, 0.1) is 6.20 Å². The van der Waals surface area contributed by atoms with Crippen molar-refractivity contribution in [2.24, 2.45) is 7.05 Å². The molecule has 0 aliphatic heterocycles. The molecule has 0 bridgehead atoms. The minimum Gasteiger partial charge on any atom is -1.00 e. The summed E-state index contributed by atoms with van der Waals surface area (Å²) in [5, 5.41) is 3.12. The van der Waals surface area contributed by atoms with Crippen molar-refractivity contribution in [1.29, 1.82) is 0 Å². The number of alkyl halides is 3. The Labute approximate surface area is 86.3 Å². The third-order valence-electron chi connectivity index (χ3n) is 0.936. The van der Waals surface area contributed by atoms with Gasteiger partial charge in [0.15, 0.2) is 5.69 Å². The Morgan fingerprint density at radius 1 is 1.50 bits per heavy atom. The maximum Gasteiger partial charge on any atom is 0.435 e. The number of nitrogens with zero attached hydrogens (tertiary/aromatic N) is 2. The summed E-state index contributed by atoms with van der Waals surface area (Å²) in [5.74, 6) is 0. The fourth-order valence-corrected chi connectivity index (χ4v) is 0.512. The maximum atomic E-state index is 11.7. The Morgan fingerprint density at radius 2 is 2.00 bits per heavy atom. The molecule has 1 aromatic heterocycles. The van der Waals surface area contributed by atoms with Gasteiger partial charge < -0.3 is 12.4 Å². The van der Waals surface area contributed by atoms with Gasteiger partial charge in [0, 0.05) is 26.5 Å². The number of aromatic nitrogens is 2. The molecule has 1 aromatic rings. The first-order valence-corrected chi connectivity index (χ1v) is 2.49. The van der Waals surface area contributed by atoms with E-state index < -0.39 is 11.9 Å². The van der Waals surface area contributed by atoms with Crippen LogP contribution in [0.3, 0.4) is 0 Å². The second-order valence-electron chi connectivity index (χ2n) is 1.78. The third kappa shape index (κ3) is 3.54. The zero-order valence-corrected chi connectivity index (χ0v) is 9.91. The van der Waals surface area contributed by atoms with Gasteiger partial charge in [-0.3, -0.25) is 4.68 Å². The smallest absolute Gasteiger partial charge is 0.435 e. The van der Waals surface area contributed by atoms with Crippen LogP contribution in [-0.2, 0) is 32.7 Å². The molecule has 1 radical (unpaired) electrons. The molecule has 0 saturated carbocycles. The molecule has 2 nitrogen and oxygen atoms in total. The van der Waals surface area contributed by atoms with Crippen LogP contribution in [0.2, 0.25) is 0 Å². The minimum atomic E-state index is -4.35. The van der Waals surface area contributed by atoms with Gasteiger partial charge in [0.1, 0.15) is 0 Å². The Balaban J connectivity index is 0. The fraction of sp³-hybridized carbons (Fsp3) is 0.400. The van der Waals surface area contributed by atoms with Crippen LogP contribution in [0.4, 0.5) is 13.2 Å². The quantitative estimate of drug-likeness (QED) is 0.499. The van der Waals surface area contributed by atoms with E-state index in [1.807, 2.05) is 0 Å². The van der Waals surface area contributed by atoms with Crippen LogP contribution in [0.15, 0.2) is 6.07 Å². The van der Waals surface area contributed by atoms with Crippen LogP contribution >= 0.6 is 0 Å². The summed E-state index contributed by atoms with van der Waals surface area (Å²) in [6.07, 6.45) is -2.09. The van der Waals surface area contributed by atoms with E-state index in [4.69, 9.17) is 0 Å². The predicted octanol–water partition coefficient (Wildman–Crippen LogP) is -1.76. The zero-order valence-electron chi connectivity index (χ0n) is 6.19. The van der Waals surface area contributed by atoms with Crippen LogP contribution in [0, 0.1) is 6.20 Å². The largest absolute Gasteiger partial charge is 1.00 e. The van der Waals surface area contributed by atoms with Crippen LogP contribution in [0.25, 0.3) is 0 Å². The van der Waals surface area contributed by atoms with Gasteiger partial charge in [0.2, 0.25) is 0 Å². The second-order valence-corrected chi connectivity index (χ2v) is 1.78. The molecule has 0 aromatic carbocycles. The van der Waals surface area contributed by atoms with Crippen molar-refractivity contribution in [2.75, 3.05) is 0 Å². The van der Waals surface area contributed by atoms with Gasteiger partial charge in [-0.05, 0) is 6.07 Å². The molecule has 12 heavy (non-hydrogen) atoms. The zero-order chi connectivity index (χ0) is 7.78. The second kappa shape index (κ2) is 4.82. The van der Waals surface area contributed by atoms with Gasteiger partial charge in [-0.15, -0.1) is 0 Å². The summed E-state index contributed by atoms with van der Waals surface area (Å²) in [7, 11) is 1.38. The first-order chi connectivity index (χ1) is 4.50. The van der Waals surface area contributed by atoms with E-state index in [0.29, 0.717) is 0 Å². The van der Waals surface area contributed by atoms with Crippen molar-refractivity contribution in [1.82, 2.24) is 9.78 Å². The summed E-state index contributed by atoms with van der Waals surface area (Å²) in [6, 6.07) is 0.806. The summed E-state index contributed by atoms with van der Waals surface area (Å²) in [5.41, 5.74) is -0.907. The molecular weight excluding hydrogens is 246 g/mol. The van der Waals surface area contributed by atoms with Gasteiger partial charge in [0.25, 0.3) is 0 Å². The number of aryl methyl sites for hydroxylation is 1. The number of halogens is 4. The molecule has 65 valence electrons. The molecule has 0 aliphatic rings. The first-order valence-electron chi connectivity index (χ1n) is 2.49. The molecule has 0 atom stereocenters. The van der Waals surface area contributed by atoms with E-state index in [1.54, 1.807) is 0 Å². The van der Waals surface area contributed by atoms with Gasteiger partial charge in [-0.25, -0.2) is 0 Å². The number of hydrogen-bond acceptors (Lipinski definition) is 1. The van der Waals surface area contributed by atoms with Crippen LogP contribution in [-0.4, -0.2) is 9.78 Å². The van der Waals surface area contributed by atoms with Crippen molar-refractivity contribution in [3.05, 3.63) is 18.0 Å². The SMILES string of the molecule is Cn1[c]cc(C(F)(F)F)n1.[Cl-].[Zn]. The predicted molar refractivity (Wildman–Crippen MR) is 27.0 cm³/mol.